The van der Waals surface area contributed by atoms with Crippen LogP contribution in [0.15, 0.2) is 95.9 Å². The highest BCUT2D eigenvalue weighted by Gasteiger charge is 2.39. The van der Waals surface area contributed by atoms with Gasteiger partial charge < -0.3 is 21.7 Å². The molecular weight excluding hydrogens is 1010 g/mol. The molecule has 0 aromatic heterocycles. The number of carbonyl (C=O) groups excluding carboxylic acids is 4. The fourth-order valence-corrected chi connectivity index (χ4v) is 10.5. The third-order valence-corrected chi connectivity index (χ3v) is 14.5. The third kappa shape index (κ3) is 11.1. The molecule has 1 aliphatic heterocycles. The van der Waals surface area contributed by atoms with Crippen molar-refractivity contribution >= 4 is 96.9 Å². The summed E-state index contributed by atoms with van der Waals surface area (Å²) in [4.78, 5) is 54.2. The standard InChI is InChI=1S/C45H48I2N4O8S/c46-58-44(54)33-15-11-30(12-16-33)7-8-31-13-19-36(20-14-31)48-43(53)40-28-38(50-25-2-1-3-26-50)23-24-41(40)49-42(52)35-5-4-6-39(27-35)60(56,57)51(29-32-9-10-32)37-21-17-34(18-22-37)45(55)59-47/h4-6,11-16,19-20,23-24,27-28,32,34,37H,1-3,7-10,17-18,21-22,25-26,29H2,(H,48,53)(H,49,52). The van der Waals surface area contributed by atoms with Crippen LogP contribution < -0.4 is 15.5 Å². The quantitative estimate of drug-likeness (QED) is 0.111. The van der Waals surface area contributed by atoms with E-state index in [4.69, 9.17) is 6.13 Å². The maximum Gasteiger partial charge on any atom is 0.347 e. The first-order chi connectivity index (χ1) is 29.0. The molecule has 7 rings (SSSR count). The monoisotopic (exact) mass is 1060 g/mol. The molecule has 12 nitrogen and oxygen atoms in total. The van der Waals surface area contributed by atoms with Gasteiger partial charge in [0, 0.05) is 42.6 Å². The Kier molecular flexibility index (Phi) is 14.8. The molecule has 2 amide bonds. The van der Waals surface area contributed by atoms with Crippen molar-refractivity contribution in [2.45, 2.75) is 81.6 Å². The highest BCUT2D eigenvalue weighted by molar-refractivity contribution is 14.1. The topological polar surface area (TPSA) is 151 Å². The van der Waals surface area contributed by atoms with Crippen molar-refractivity contribution in [3.8, 4) is 0 Å². The Morgan fingerprint density at radius 1 is 0.700 bits per heavy atom. The molecule has 1 heterocycles. The number of piperidine rings is 1. The minimum absolute atomic E-state index is 0.0302. The van der Waals surface area contributed by atoms with Crippen molar-refractivity contribution < 1.29 is 33.7 Å². The van der Waals surface area contributed by atoms with Crippen molar-refractivity contribution in [3.63, 3.8) is 0 Å². The van der Waals surface area contributed by atoms with Crippen LogP contribution in [0.3, 0.4) is 0 Å². The van der Waals surface area contributed by atoms with Crippen LogP contribution in [0.4, 0.5) is 17.1 Å². The van der Waals surface area contributed by atoms with E-state index in [1.54, 1.807) is 86.7 Å². The summed E-state index contributed by atoms with van der Waals surface area (Å²) in [5.41, 5.74) is 4.88. The van der Waals surface area contributed by atoms with E-state index in [-0.39, 0.29) is 39.9 Å². The predicted molar refractivity (Wildman–Crippen MR) is 247 cm³/mol. The van der Waals surface area contributed by atoms with Gasteiger partial charge in [0.15, 0.2) is 46.0 Å². The molecule has 0 radical (unpaired) electrons. The number of nitrogens with one attached hydrogen (secondary N) is 2. The number of aryl methyl sites for hydroxylation is 2. The fourth-order valence-electron chi connectivity index (χ4n) is 8.06. The summed E-state index contributed by atoms with van der Waals surface area (Å²) in [6.07, 6.45) is 8.95. The van der Waals surface area contributed by atoms with E-state index < -0.39 is 21.8 Å². The van der Waals surface area contributed by atoms with E-state index in [0.717, 1.165) is 74.8 Å². The van der Waals surface area contributed by atoms with Crippen molar-refractivity contribution in [1.29, 1.82) is 0 Å². The number of anilines is 3. The van der Waals surface area contributed by atoms with Crippen LogP contribution >= 0.6 is 46.0 Å². The summed E-state index contributed by atoms with van der Waals surface area (Å²) in [7, 11) is -3.98. The smallest absolute Gasteiger partial charge is 0.347 e. The summed E-state index contributed by atoms with van der Waals surface area (Å²) in [6.45, 7) is 2.15. The third-order valence-electron chi connectivity index (χ3n) is 11.7. The molecule has 3 aliphatic rings. The minimum Gasteiger partial charge on any atom is -0.394 e. The van der Waals surface area contributed by atoms with Crippen LogP contribution in [-0.4, -0.2) is 62.2 Å². The molecule has 1 saturated heterocycles. The van der Waals surface area contributed by atoms with Crippen molar-refractivity contribution in [1.82, 2.24) is 4.31 Å². The molecule has 2 saturated carbocycles. The maximum absolute atomic E-state index is 14.3. The second-order valence-corrected chi connectivity index (χ2v) is 18.7. The summed E-state index contributed by atoms with van der Waals surface area (Å²) in [6, 6.07) is 26.2. The average Bonchev–Trinajstić information content (AvgIpc) is 4.12. The SMILES string of the molecule is O=C(Nc1ccc(N2CCCCC2)cc1C(=O)Nc1ccc(CCc2ccc(C(=O)OI)cc2)cc1)c1cccc(S(=O)(=O)N(CC2CC2)C2CCC(C(=O)OI)CC2)c1. The first kappa shape index (κ1) is 44.0. The lowest BCUT2D eigenvalue weighted by atomic mass is 9.86. The number of rotatable bonds is 15. The van der Waals surface area contributed by atoms with E-state index in [9.17, 15) is 27.6 Å². The first-order valence-corrected chi connectivity index (χ1v) is 23.7. The minimum atomic E-state index is -3.98. The zero-order chi connectivity index (χ0) is 42.2. The lowest BCUT2D eigenvalue weighted by Gasteiger charge is -2.35. The van der Waals surface area contributed by atoms with Gasteiger partial charge in [0.2, 0.25) is 10.0 Å². The van der Waals surface area contributed by atoms with Gasteiger partial charge in [-0.1, -0.05) is 30.3 Å². The molecule has 0 spiro atoms. The molecule has 2 N–H and O–H groups in total. The van der Waals surface area contributed by atoms with Crippen LogP contribution in [0.5, 0.6) is 0 Å². The largest absolute Gasteiger partial charge is 0.394 e. The number of benzene rings is 4. The Morgan fingerprint density at radius 3 is 2.00 bits per heavy atom. The van der Waals surface area contributed by atoms with Crippen LogP contribution in [-0.2, 0) is 33.8 Å². The summed E-state index contributed by atoms with van der Waals surface area (Å²) in [5.74, 6) is -1.53. The number of amides is 2. The maximum atomic E-state index is 14.3. The van der Waals surface area contributed by atoms with Gasteiger partial charge in [-0.05, 0) is 148 Å². The van der Waals surface area contributed by atoms with Crippen molar-refractivity contribution in [2.75, 3.05) is 35.2 Å². The Labute approximate surface area is 379 Å². The molecule has 3 fully saturated rings. The Hall–Kier alpha value is -4.07. The number of hydrogen-bond donors (Lipinski definition) is 2. The van der Waals surface area contributed by atoms with Crippen LogP contribution in [0, 0.1) is 11.8 Å². The van der Waals surface area contributed by atoms with Crippen LogP contribution in [0.25, 0.3) is 0 Å². The van der Waals surface area contributed by atoms with Gasteiger partial charge in [-0.2, -0.15) is 4.31 Å². The Bertz CT molecular complexity index is 2290. The summed E-state index contributed by atoms with van der Waals surface area (Å²) < 4.78 is 39.9. The molecule has 4 aromatic rings. The van der Waals surface area contributed by atoms with Crippen molar-refractivity contribution in [3.05, 3.63) is 119 Å². The number of nitrogens with zero attached hydrogens (tertiary/aromatic N) is 2. The van der Waals surface area contributed by atoms with E-state index in [2.05, 4.69) is 15.5 Å². The highest BCUT2D eigenvalue weighted by Crippen LogP contribution is 2.37. The molecule has 2 aliphatic carbocycles. The van der Waals surface area contributed by atoms with E-state index in [0.29, 0.717) is 55.1 Å². The Morgan fingerprint density at radius 2 is 1.37 bits per heavy atom. The van der Waals surface area contributed by atoms with Gasteiger partial charge in [0.25, 0.3) is 11.8 Å². The highest BCUT2D eigenvalue weighted by atomic mass is 127. The second kappa shape index (κ2) is 20.2. The fraction of sp³-hybridized carbons (Fsp3) is 0.378. The lowest BCUT2D eigenvalue weighted by Crippen LogP contribution is -2.44. The number of sulfonamides is 1. The average molecular weight is 1060 g/mol. The van der Waals surface area contributed by atoms with E-state index in [1.165, 1.54) is 12.1 Å². The molecule has 60 heavy (non-hydrogen) atoms. The predicted octanol–water partition coefficient (Wildman–Crippen LogP) is 9.33. The normalized spacial score (nSPS) is 18.1. The molecule has 0 atom stereocenters. The second-order valence-electron chi connectivity index (χ2n) is 15.9. The molecule has 316 valence electrons. The zero-order valence-electron chi connectivity index (χ0n) is 33.1. The number of carbonyl (C=O) groups is 4. The molecule has 0 unspecified atom stereocenters. The van der Waals surface area contributed by atoms with Gasteiger partial charge in [-0.3, -0.25) is 14.4 Å². The van der Waals surface area contributed by atoms with E-state index >= 15 is 0 Å². The van der Waals surface area contributed by atoms with Gasteiger partial charge in [-0.15, -0.1) is 0 Å². The Balaban J connectivity index is 1.06. The number of halogens is 2. The molecule has 0 bridgehead atoms. The molecule has 4 aromatic carbocycles. The first-order valence-electron chi connectivity index (χ1n) is 20.5. The van der Waals surface area contributed by atoms with Gasteiger partial charge >= 0.3 is 11.9 Å². The van der Waals surface area contributed by atoms with Crippen LogP contribution in [0.1, 0.15) is 100.0 Å². The lowest BCUT2D eigenvalue weighted by molar-refractivity contribution is -0.137. The van der Waals surface area contributed by atoms with Gasteiger partial charge in [-0.25, -0.2) is 13.2 Å². The molecule has 15 heteroatoms. The molecular formula is C45H48I2N4O8S. The summed E-state index contributed by atoms with van der Waals surface area (Å²) in [5, 5.41) is 5.92. The van der Waals surface area contributed by atoms with Crippen LogP contribution in [0.2, 0.25) is 0 Å². The number of hydrogen-bond acceptors (Lipinski definition) is 9. The van der Waals surface area contributed by atoms with Gasteiger partial charge in [0.05, 0.1) is 27.6 Å². The van der Waals surface area contributed by atoms with E-state index in [1.807, 2.05) is 42.5 Å². The zero-order valence-corrected chi connectivity index (χ0v) is 38.2. The van der Waals surface area contributed by atoms with Gasteiger partial charge in [0.1, 0.15) is 0 Å². The van der Waals surface area contributed by atoms with Crippen molar-refractivity contribution in [2.24, 2.45) is 11.8 Å². The summed E-state index contributed by atoms with van der Waals surface area (Å²) >= 11 is 3.18.